The van der Waals surface area contributed by atoms with Crippen LogP contribution in [0.25, 0.3) is 0 Å². The van der Waals surface area contributed by atoms with E-state index in [1.807, 2.05) is 26.0 Å². The Bertz CT molecular complexity index is 1010. The summed E-state index contributed by atoms with van der Waals surface area (Å²) in [5, 5.41) is 0.194. The van der Waals surface area contributed by atoms with Gasteiger partial charge in [0.1, 0.15) is 11.6 Å². The Kier molecular flexibility index (Phi) is 6.49. The molecular formula is C21H23ClFNO4S. The van der Waals surface area contributed by atoms with Crippen molar-refractivity contribution in [2.24, 2.45) is 0 Å². The van der Waals surface area contributed by atoms with Crippen LogP contribution in [0.5, 0.6) is 5.75 Å². The Balaban J connectivity index is 1.82. The second kappa shape index (κ2) is 8.71. The average Bonchev–Trinajstić information content (AvgIpc) is 3.02. The van der Waals surface area contributed by atoms with Crippen molar-refractivity contribution in [1.82, 2.24) is 4.90 Å². The van der Waals surface area contributed by atoms with Gasteiger partial charge in [0, 0.05) is 16.6 Å². The van der Waals surface area contributed by atoms with E-state index < -0.39 is 27.6 Å². The van der Waals surface area contributed by atoms with Gasteiger partial charge in [-0.2, -0.15) is 0 Å². The Morgan fingerprint density at radius 1 is 1.24 bits per heavy atom. The van der Waals surface area contributed by atoms with E-state index in [2.05, 4.69) is 0 Å². The Hall–Kier alpha value is -2.12. The molecule has 1 fully saturated rings. The SMILES string of the molecule is Cc1cccc(OCC(=O)N(Cc2c(F)cccc2Cl)[C@H]2CCS(=O)(=O)C2)c1C. The first-order valence-electron chi connectivity index (χ1n) is 9.30. The molecule has 3 rings (SSSR count). The molecular weight excluding hydrogens is 417 g/mol. The summed E-state index contributed by atoms with van der Waals surface area (Å²) in [7, 11) is -3.23. The van der Waals surface area contributed by atoms with Crippen LogP contribution in [0, 0.1) is 19.7 Å². The quantitative estimate of drug-likeness (QED) is 0.688. The van der Waals surface area contributed by atoms with Gasteiger partial charge in [0.15, 0.2) is 16.4 Å². The third-order valence-electron chi connectivity index (χ3n) is 5.27. The minimum absolute atomic E-state index is 0.00426. The fourth-order valence-corrected chi connectivity index (χ4v) is 5.35. The summed E-state index contributed by atoms with van der Waals surface area (Å²) in [6.07, 6.45) is 0.309. The number of hydrogen-bond acceptors (Lipinski definition) is 4. The molecule has 0 saturated carbocycles. The van der Waals surface area contributed by atoms with Crippen LogP contribution in [-0.4, -0.2) is 43.4 Å². The number of carbonyl (C=O) groups excluding carboxylic acids is 1. The molecule has 0 N–H and O–H groups in total. The summed E-state index contributed by atoms with van der Waals surface area (Å²) in [5.74, 6) is -0.501. The topological polar surface area (TPSA) is 63.7 Å². The van der Waals surface area contributed by atoms with Crippen LogP contribution in [0.15, 0.2) is 36.4 Å². The fraction of sp³-hybridized carbons (Fsp3) is 0.381. The lowest BCUT2D eigenvalue weighted by molar-refractivity contribution is -0.136. The molecule has 5 nitrogen and oxygen atoms in total. The van der Waals surface area contributed by atoms with E-state index in [-0.39, 0.29) is 35.2 Å². The number of ether oxygens (including phenoxy) is 1. The summed E-state index contributed by atoms with van der Waals surface area (Å²) in [5.41, 5.74) is 2.12. The zero-order chi connectivity index (χ0) is 21.2. The van der Waals surface area contributed by atoms with E-state index in [9.17, 15) is 17.6 Å². The molecule has 0 unspecified atom stereocenters. The molecule has 0 radical (unpaired) electrons. The molecule has 29 heavy (non-hydrogen) atoms. The van der Waals surface area contributed by atoms with Crippen LogP contribution < -0.4 is 4.74 Å². The second-order valence-corrected chi connectivity index (χ2v) is 9.90. The van der Waals surface area contributed by atoms with Gasteiger partial charge in [-0.3, -0.25) is 4.79 Å². The predicted octanol–water partition coefficient (Wildman–Crippen LogP) is 3.69. The van der Waals surface area contributed by atoms with Crippen molar-refractivity contribution in [2.45, 2.75) is 32.9 Å². The number of benzene rings is 2. The number of aryl methyl sites for hydroxylation is 1. The van der Waals surface area contributed by atoms with Crippen molar-refractivity contribution in [2.75, 3.05) is 18.1 Å². The summed E-state index contributed by atoms with van der Waals surface area (Å²) < 4.78 is 43.9. The summed E-state index contributed by atoms with van der Waals surface area (Å²) in [6, 6.07) is 9.31. The highest BCUT2D eigenvalue weighted by atomic mass is 35.5. The van der Waals surface area contributed by atoms with Crippen molar-refractivity contribution in [3.63, 3.8) is 0 Å². The maximum atomic E-state index is 14.3. The largest absolute Gasteiger partial charge is 0.483 e. The highest BCUT2D eigenvalue weighted by Gasteiger charge is 2.35. The van der Waals surface area contributed by atoms with Gasteiger partial charge < -0.3 is 9.64 Å². The maximum absolute atomic E-state index is 14.3. The minimum Gasteiger partial charge on any atom is -0.483 e. The third kappa shape index (κ3) is 5.08. The van der Waals surface area contributed by atoms with Crippen LogP contribution in [0.2, 0.25) is 5.02 Å². The number of amides is 1. The first-order valence-corrected chi connectivity index (χ1v) is 11.5. The van der Waals surface area contributed by atoms with Gasteiger partial charge in [-0.1, -0.05) is 29.8 Å². The zero-order valence-electron chi connectivity index (χ0n) is 16.3. The van der Waals surface area contributed by atoms with E-state index >= 15 is 0 Å². The maximum Gasteiger partial charge on any atom is 0.261 e. The van der Waals surface area contributed by atoms with Gasteiger partial charge in [-0.15, -0.1) is 0 Å². The molecule has 0 bridgehead atoms. The minimum atomic E-state index is -3.23. The van der Waals surface area contributed by atoms with Crippen LogP contribution in [0.4, 0.5) is 4.39 Å². The van der Waals surface area contributed by atoms with E-state index in [4.69, 9.17) is 16.3 Å². The molecule has 1 atom stereocenters. The van der Waals surface area contributed by atoms with Gasteiger partial charge in [-0.05, 0) is 49.6 Å². The molecule has 0 aromatic heterocycles. The summed E-state index contributed by atoms with van der Waals surface area (Å²) in [6.45, 7) is 3.46. The molecule has 1 aliphatic rings. The fourth-order valence-electron chi connectivity index (χ4n) is 3.40. The zero-order valence-corrected chi connectivity index (χ0v) is 17.9. The van der Waals surface area contributed by atoms with Crippen molar-refractivity contribution >= 4 is 27.3 Å². The van der Waals surface area contributed by atoms with E-state index in [0.717, 1.165) is 11.1 Å². The standard InChI is InChI=1S/C21H23ClFNO4S/c1-14-5-3-8-20(15(14)2)28-12-21(25)24(16-9-10-29(26,27)13-16)11-17-18(22)6-4-7-19(17)23/h3-8,16H,9-13H2,1-2H3/t16-/m0/s1. The molecule has 1 aliphatic heterocycles. The lowest BCUT2D eigenvalue weighted by Gasteiger charge is -2.29. The van der Waals surface area contributed by atoms with Crippen molar-refractivity contribution in [3.05, 3.63) is 63.9 Å². The van der Waals surface area contributed by atoms with Crippen LogP contribution in [-0.2, 0) is 21.2 Å². The average molecular weight is 440 g/mol. The van der Waals surface area contributed by atoms with Crippen LogP contribution in [0.1, 0.15) is 23.1 Å². The van der Waals surface area contributed by atoms with Gasteiger partial charge in [0.25, 0.3) is 5.91 Å². The molecule has 156 valence electrons. The first-order chi connectivity index (χ1) is 13.7. The van der Waals surface area contributed by atoms with Gasteiger partial charge in [0.2, 0.25) is 0 Å². The molecule has 0 aliphatic carbocycles. The molecule has 1 heterocycles. The van der Waals surface area contributed by atoms with E-state index in [0.29, 0.717) is 12.2 Å². The lowest BCUT2D eigenvalue weighted by atomic mass is 10.1. The van der Waals surface area contributed by atoms with Crippen molar-refractivity contribution in [3.8, 4) is 5.75 Å². The molecule has 1 amide bonds. The molecule has 2 aromatic carbocycles. The monoisotopic (exact) mass is 439 g/mol. The Morgan fingerprint density at radius 3 is 2.62 bits per heavy atom. The van der Waals surface area contributed by atoms with Gasteiger partial charge in [-0.25, -0.2) is 12.8 Å². The number of nitrogens with zero attached hydrogens (tertiary/aromatic N) is 1. The van der Waals surface area contributed by atoms with E-state index in [1.54, 1.807) is 12.1 Å². The number of rotatable bonds is 6. The Morgan fingerprint density at radius 2 is 1.97 bits per heavy atom. The predicted molar refractivity (Wildman–Crippen MR) is 110 cm³/mol. The summed E-state index contributed by atoms with van der Waals surface area (Å²) in [4.78, 5) is 14.4. The molecule has 8 heteroatoms. The number of sulfone groups is 1. The number of hydrogen-bond donors (Lipinski definition) is 0. The number of halogens is 2. The van der Waals surface area contributed by atoms with Crippen molar-refractivity contribution < 1.29 is 22.3 Å². The Labute approximate surface area is 175 Å². The highest BCUT2D eigenvalue weighted by Crippen LogP contribution is 2.26. The normalized spacial score (nSPS) is 17.9. The van der Waals surface area contributed by atoms with Crippen molar-refractivity contribution in [1.29, 1.82) is 0 Å². The smallest absolute Gasteiger partial charge is 0.261 e. The molecule has 0 spiro atoms. The van der Waals surface area contributed by atoms with Crippen LogP contribution >= 0.6 is 11.6 Å². The molecule has 1 saturated heterocycles. The first kappa shape index (κ1) is 21.6. The third-order valence-corrected chi connectivity index (χ3v) is 7.37. The lowest BCUT2D eigenvalue weighted by Crippen LogP contribution is -2.43. The van der Waals surface area contributed by atoms with Gasteiger partial charge in [0.05, 0.1) is 18.1 Å². The molecule has 2 aromatic rings. The van der Waals surface area contributed by atoms with Gasteiger partial charge >= 0.3 is 0 Å². The number of carbonyl (C=O) groups is 1. The highest BCUT2D eigenvalue weighted by molar-refractivity contribution is 7.91. The summed E-state index contributed by atoms with van der Waals surface area (Å²) >= 11 is 6.12. The van der Waals surface area contributed by atoms with E-state index in [1.165, 1.54) is 17.0 Å². The van der Waals surface area contributed by atoms with Crippen LogP contribution in [0.3, 0.4) is 0 Å². The second-order valence-electron chi connectivity index (χ2n) is 7.27.